The molecule has 0 unspecified atom stereocenters. The largest absolute Gasteiger partial charge is 0.353 e. The van der Waals surface area contributed by atoms with Crippen LogP contribution in [0.1, 0.15) is 46.1 Å². The number of halogens is 1. The SMILES string of the molecule is CC(C)C(NC(=O)C1CCN(S(=O)(=O)Cc2ccc(Cl)cc2)CC1)C(C)C. The second-order valence-corrected chi connectivity index (χ2v) is 10.5. The molecular formula is C20H31ClN2O3S. The van der Waals surface area contributed by atoms with Crippen LogP contribution in [0.3, 0.4) is 0 Å². The molecule has 1 aliphatic rings. The molecule has 7 heteroatoms. The lowest BCUT2D eigenvalue weighted by Gasteiger charge is -2.33. The molecular weight excluding hydrogens is 384 g/mol. The molecule has 1 N–H and O–H groups in total. The average Bonchev–Trinajstić information content (AvgIpc) is 2.60. The van der Waals surface area contributed by atoms with E-state index in [-0.39, 0.29) is 23.6 Å². The Morgan fingerprint density at radius 3 is 2.11 bits per heavy atom. The zero-order valence-corrected chi connectivity index (χ0v) is 18.2. The molecule has 0 bridgehead atoms. The van der Waals surface area contributed by atoms with Gasteiger partial charge in [0.15, 0.2) is 0 Å². The van der Waals surface area contributed by atoms with Crippen molar-refractivity contribution in [2.24, 2.45) is 17.8 Å². The molecule has 0 atom stereocenters. The number of benzene rings is 1. The predicted molar refractivity (Wildman–Crippen MR) is 110 cm³/mol. The number of rotatable bonds is 7. The van der Waals surface area contributed by atoms with Crippen LogP contribution in [0.4, 0.5) is 0 Å². The molecule has 1 fully saturated rings. The van der Waals surface area contributed by atoms with Gasteiger partial charge < -0.3 is 5.32 Å². The molecule has 152 valence electrons. The number of carbonyl (C=O) groups is 1. The van der Waals surface area contributed by atoms with Gasteiger partial charge in [0.2, 0.25) is 15.9 Å². The van der Waals surface area contributed by atoms with Crippen LogP contribution in [0, 0.1) is 17.8 Å². The number of hydrogen-bond acceptors (Lipinski definition) is 3. The normalized spacial score (nSPS) is 17.0. The van der Waals surface area contributed by atoms with Crippen LogP contribution in [-0.4, -0.2) is 37.8 Å². The Kier molecular flexibility index (Phi) is 7.72. The van der Waals surface area contributed by atoms with E-state index >= 15 is 0 Å². The minimum absolute atomic E-state index is 0.0379. The quantitative estimate of drug-likeness (QED) is 0.740. The maximum atomic E-state index is 12.7. The van der Waals surface area contributed by atoms with Crippen LogP contribution in [0.15, 0.2) is 24.3 Å². The first kappa shape index (κ1) is 22.2. The van der Waals surface area contributed by atoms with Gasteiger partial charge in [-0.2, -0.15) is 0 Å². The molecule has 0 spiro atoms. The third-order valence-corrected chi connectivity index (χ3v) is 7.33. The van der Waals surface area contributed by atoms with Gasteiger partial charge in [-0.15, -0.1) is 0 Å². The molecule has 0 radical (unpaired) electrons. The summed E-state index contributed by atoms with van der Waals surface area (Å²) < 4.78 is 26.8. The van der Waals surface area contributed by atoms with Gasteiger partial charge in [0.05, 0.1) is 5.75 Å². The van der Waals surface area contributed by atoms with Crippen molar-refractivity contribution in [2.75, 3.05) is 13.1 Å². The van der Waals surface area contributed by atoms with E-state index in [1.165, 1.54) is 4.31 Å². The van der Waals surface area contributed by atoms with Gasteiger partial charge in [-0.1, -0.05) is 51.4 Å². The van der Waals surface area contributed by atoms with Crippen molar-refractivity contribution in [1.29, 1.82) is 0 Å². The van der Waals surface area contributed by atoms with Gasteiger partial charge >= 0.3 is 0 Å². The van der Waals surface area contributed by atoms with Crippen molar-refractivity contribution in [1.82, 2.24) is 9.62 Å². The van der Waals surface area contributed by atoms with E-state index < -0.39 is 10.0 Å². The summed E-state index contributed by atoms with van der Waals surface area (Å²) in [5.41, 5.74) is 0.718. The lowest BCUT2D eigenvalue weighted by Crippen LogP contribution is -2.48. The fourth-order valence-corrected chi connectivity index (χ4v) is 5.35. The zero-order valence-electron chi connectivity index (χ0n) is 16.6. The minimum atomic E-state index is -3.39. The zero-order chi connectivity index (χ0) is 20.2. The fraction of sp³-hybridized carbons (Fsp3) is 0.650. The molecule has 1 aliphatic heterocycles. The molecule has 1 heterocycles. The highest BCUT2D eigenvalue weighted by Gasteiger charge is 2.32. The summed E-state index contributed by atoms with van der Waals surface area (Å²) in [5, 5.41) is 3.75. The number of piperidine rings is 1. The van der Waals surface area contributed by atoms with E-state index in [4.69, 9.17) is 11.6 Å². The molecule has 0 aliphatic carbocycles. The van der Waals surface area contributed by atoms with E-state index in [9.17, 15) is 13.2 Å². The molecule has 1 amide bonds. The maximum Gasteiger partial charge on any atom is 0.223 e. The van der Waals surface area contributed by atoms with E-state index in [2.05, 4.69) is 33.0 Å². The monoisotopic (exact) mass is 414 g/mol. The smallest absolute Gasteiger partial charge is 0.223 e. The van der Waals surface area contributed by atoms with E-state index in [1.807, 2.05) is 0 Å². The van der Waals surface area contributed by atoms with E-state index in [1.54, 1.807) is 24.3 Å². The van der Waals surface area contributed by atoms with Crippen LogP contribution < -0.4 is 5.32 Å². The Morgan fingerprint density at radius 1 is 1.11 bits per heavy atom. The van der Waals surface area contributed by atoms with Crippen LogP contribution in [0.25, 0.3) is 0 Å². The summed E-state index contributed by atoms with van der Waals surface area (Å²) in [6.07, 6.45) is 1.13. The van der Waals surface area contributed by atoms with Gasteiger partial charge in [0, 0.05) is 30.1 Å². The summed E-state index contributed by atoms with van der Waals surface area (Å²) in [6, 6.07) is 7.01. The summed E-state index contributed by atoms with van der Waals surface area (Å²) in [5.74, 6) is 0.635. The van der Waals surface area contributed by atoms with E-state index in [0.29, 0.717) is 42.8 Å². The Morgan fingerprint density at radius 2 is 1.63 bits per heavy atom. The molecule has 0 saturated carbocycles. The van der Waals surface area contributed by atoms with Gasteiger partial charge in [0.1, 0.15) is 0 Å². The Bertz CT molecular complexity index is 716. The number of nitrogens with zero attached hydrogens (tertiary/aromatic N) is 1. The molecule has 1 aromatic carbocycles. The fourth-order valence-electron chi connectivity index (χ4n) is 3.66. The Balaban J connectivity index is 1.91. The number of hydrogen-bond donors (Lipinski definition) is 1. The first-order valence-electron chi connectivity index (χ1n) is 9.62. The summed E-state index contributed by atoms with van der Waals surface area (Å²) in [6.45, 7) is 9.21. The van der Waals surface area contributed by atoms with E-state index in [0.717, 1.165) is 5.56 Å². The molecule has 1 saturated heterocycles. The lowest BCUT2D eigenvalue weighted by atomic mass is 9.91. The maximum absolute atomic E-state index is 12.7. The van der Waals surface area contributed by atoms with Crippen molar-refractivity contribution in [3.05, 3.63) is 34.9 Å². The Hall–Kier alpha value is -1.11. The molecule has 2 rings (SSSR count). The second-order valence-electron chi connectivity index (χ2n) is 8.08. The third-order valence-electron chi connectivity index (χ3n) is 5.23. The highest BCUT2D eigenvalue weighted by molar-refractivity contribution is 7.88. The van der Waals surface area contributed by atoms with Gasteiger partial charge in [-0.05, 0) is 42.4 Å². The van der Waals surface area contributed by atoms with Crippen LogP contribution in [0.2, 0.25) is 5.02 Å². The minimum Gasteiger partial charge on any atom is -0.353 e. The second kappa shape index (κ2) is 9.39. The van der Waals surface area contributed by atoms with Crippen molar-refractivity contribution in [3.8, 4) is 0 Å². The van der Waals surface area contributed by atoms with Crippen molar-refractivity contribution in [3.63, 3.8) is 0 Å². The molecule has 27 heavy (non-hydrogen) atoms. The van der Waals surface area contributed by atoms with Crippen molar-refractivity contribution < 1.29 is 13.2 Å². The van der Waals surface area contributed by atoms with Crippen LogP contribution >= 0.6 is 11.6 Å². The summed E-state index contributed by atoms with van der Waals surface area (Å²) in [7, 11) is -3.39. The van der Waals surface area contributed by atoms with Gasteiger partial charge in [-0.3, -0.25) is 4.79 Å². The Labute approximate surface area is 168 Å². The molecule has 5 nitrogen and oxygen atoms in total. The number of nitrogens with one attached hydrogen (secondary N) is 1. The standard InChI is InChI=1S/C20H31ClN2O3S/c1-14(2)19(15(3)4)22-20(24)17-9-11-23(12-10-17)27(25,26)13-16-5-7-18(21)8-6-16/h5-8,14-15,17,19H,9-13H2,1-4H3,(H,22,24). The first-order chi connectivity index (χ1) is 12.6. The van der Waals surface area contributed by atoms with Gasteiger partial charge in [0.25, 0.3) is 0 Å². The highest BCUT2D eigenvalue weighted by atomic mass is 35.5. The van der Waals surface area contributed by atoms with Crippen molar-refractivity contribution >= 4 is 27.5 Å². The number of carbonyl (C=O) groups excluding carboxylic acids is 1. The van der Waals surface area contributed by atoms with Crippen LogP contribution in [-0.2, 0) is 20.6 Å². The molecule has 1 aromatic rings. The first-order valence-corrected chi connectivity index (χ1v) is 11.6. The molecule has 0 aromatic heterocycles. The highest BCUT2D eigenvalue weighted by Crippen LogP contribution is 2.23. The van der Waals surface area contributed by atoms with Crippen LogP contribution in [0.5, 0.6) is 0 Å². The predicted octanol–water partition coefficient (Wildman–Crippen LogP) is 3.68. The van der Waals surface area contributed by atoms with Gasteiger partial charge in [-0.25, -0.2) is 12.7 Å². The summed E-state index contributed by atoms with van der Waals surface area (Å²) in [4.78, 5) is 12.6. The summed E-state index contributed by atoms with van der Waals surface area (Å²) >= 11 is 5.85. The number of amides is 1. The number of sulfonamides is 1. The topological polar surface area (TPSA) is 66.5 Å². The van der Waals surface area contributed by atoms with Crippen molar-refractivity contribution in [2.45, 2.75) is 52.3 Å². The lowest BCUT2D eigenvalue weighted by molar-refractivity contribution is -0.127. The third kappa shape index (κ3) is 6.19. The average molecular weight is 415 g/mol.